The van der Waals surface area contributed by atoms with Crippen LogP contribution in [0.3, 0.4) is 0 Å². The van der Waals surface area contributed by atoms with Gasteiger partial charge in [-0.15, -0.1) is 0 Å². The molecule has 0 spiro atoms. The number of carbonyl (C=O) groups excluding carboxylic acids is 1. The summed E-state index contributed by atoms with van der Waals surface area (Å²) >= 11 is 0. The number of aromatic nitrogens is 3. The maximum atomic E-state index is 11.9. The summed E-state index contributed by atoms with van der Waals surface area (Å²) in [6.07, 6.45) is 0.295. The summed E-state index contributed by atoms with van der Waals surface area (Å²) < 4.78 is 0. The molecule has 1 aromatic heterocycles. The van der Waals surface area contributed by atoms with Crippen LogP contribution in [0.1, 0.15) is 33.0 Å². The summed E-state index contributed by atoms with van der Waals surface area (Å²) in [4.78, 5) is 16.3. The average Bonchev–Trinajstić information content (AvgIpc) is 2.94. The van der Waals surface area contributed by atoms with Crippen LogP contribution in [0.25, 0.3) is 11.4 Å². The lowest BCUT2D eigenvalue weighted by molar-refractivity contribution is -0.122. The molecule has 1 aromatic carbocycles. The summed E-state index contributed by atoms with van der Waals surface area (Å²) in [6, 6.07) is 9.50. The fourth-order valence-corrected chi connectivity index (χ4v) is 1.85. The van der Waals surface area contributed by atoms with E-state index in [4.69, 9.17) is 5.73 Å². The van der Waals surface area contributed by atoms with Crippen LogP contribution in [0.4, 0.5) is 0 Å². The Balaban J connectivity index is 1.88. The molecule has 2 aromatic rings. The summed E-state index contributed by atoms with van der Waals surface area (Å²) in [6.45, 7) is 6.38. The van der Waals surface area contributed by atoms with Gasteiger partial charge in [-0.25, -0.2) is 4.98 Å². The Bertz CT molecular complexity index is 615. The molecule has 0 radical (unpaired) electrons. The standard InChI is InChI=1S/C16H23N5O/c1-16(2,3)12(17)9-14(22)18-10-13-19-15(21-20-13)11-7-5-4-6-8-11/h4-8,12H,9-10,17H2,1-3H3,(H,18,22)(H,19,20,21). The topological polar surface area (TPSA) is 96.7 Å². The Hall–Kier alpha value is -2.21. The highest BCUT2D eigenvalue weighted by Gasteiger charge is 2.23. The minimum atomic E-state index is -0.179. The monoisotopic (exact) mass is 301 g/mol. The van der Waals surface area contributed by atoms with E-state index in [1.165, 1.54) is 0 Å². The molecular formula is C16H23N5O. The highest BCUT2D eigenvalue weighted by molar-refractivity contribution is 5.76. The van der Waals surface area contributed by atoms with Crippen LogP contribution in [-0.2, 0) is 11.3 Å². The average molecular weight is 301 g/mol. The van der Waals surface area contributed by atoms with Crippen molar-refractivity contribution in [2.24, 2.45) is 11.1 Å². The fourth-order valence-electron chi connectivity index (χ4n) is 1.85. The normalized spacial score (nSPS) is 12.9. The van der Waals surface area contributed by atoms with Crippen molar-refractivity contribution in [1.29, 1.82) is 0 Å². The van der Waals surface area contributed by atoms with Gasteiger partial charge in [0.15, 0.2) is 5.82 Å². The van der Waals surface area contributed by atoms with E-state index < -0.39 is 0 Å². The van der Waals surface area contributed by atoms with Gasteiger partial charge in [-0.1, -0.05) is 51.1 Å². The second-order valence-electron chi connectivity index (χ2n) is 6.43. The number of hydrogen-bond donors (Lipinski definition) is 3. The molecule has 0 fully saturated rings. The van der Waals surface area contributed by atoms with E-state index in [1.54, 1.807) is 0 Å². The van der Waals surface area contributed by atoms with Crippen LogP contribution in [0.15, 0.2) is 30.3 Å². The Morgan fingerprint density at radius 2 is 2.00 bits per heavy atom. The molecule has 4 N–H and O–H groups in total. The zero-order valence-electron chi connectivity index (χ0n) is 13.3. The Morgan fingerprint density at radius 1 is 1.32 bits per heavy atom. The Labute approximate surface area is 130 Å². The highest BCUT2D eigenvalue weighted by atomic mass is 16.1. The third kappa shape index (κ3) is 4.39. The number of nitrogens with one attached hydrogen (secondary N) is 2. The minimum absolute atomic E-state index is 0.0833. The van der Waals surface area contributed by atoms with Crippen LogP contribution in [0.5, 0.6) is 0 Å². The molecule has 0 aliphatic rings. The molecule has 6 nitrogen and oxygen atoms in total. The third-order valence-corrected chi connectivity index (χ3v) is 3.53. The smallest absolute Gasteiger partial charge is 0.221 e. The lowest BCUT2D eigenvalue weighted by Crippen LogP contribution is -2.40. The van der Waals surface area contributed by atoms with E-state index in [1.807, 2.05) is 51.1 Å². The van der Waals surface area contributed by atoms with Crippen LogP contribution in [0.2, 0.25) is 0 Å². The van der Waals surface area contributed by atoms with Gasteiger partial charge >= 0.3 is 0 Å². The number of carbonyl (C=O) groups is 1. The first kappa shape index (κ1) is 16.2. The SMILES string of the molecule is CC(C)(C)C(N)CC(=O)NCc1nc(-c2ccccc2)n[nH]1. The molecule has 0 saturated carbocycles. The number of hydrogen-bond acceptors (Lipinski definition) is 4. The maximum Gasteiger partial charge on any atom is 0.221 e. The van der Waals surface area contributed by atoms with Crippen molar-refractivity contribution in [3.8, 4) is 11.4 Å². The Morgan fingerprint density at radius 3 is 2.64 bits per heavy atom. The summed E-state index contributed by atoms with van der Waals surface area (Å²) in [5, 5.41) is 9.80. The molecule has 2 rings (SSSR count). The Kier molecular flexibility index (Phi) is 4.92. The van der Waals surface area contributed by atoms with Crippen molar-refractivity contribution in [2.75, 3.05) is 0 Å². The fraction of sp³-hybridized carbons (Fsp3) is 0.438. The molecule has 118 valence electrons. The van der Waals surface area contributed by atoms with Crippen molar-refractivity contribution in [2.45, 2.75) is 39.8 Å². The van der Waals surface area contributed by atoms with Gasteiger partial charge in [-0.2, -0.15) is 5.10 Å². The predicted octanol–water partition coefficient (Wildman–Crippen LogP) is 1.85. The molecule has 0 bridgehead atoms. The molecule has 1 heterocycles. The first-order valence-corrected chi connectivity index (χ1v) is 7.35. The maximum absolute atomic E-state index is 11.9. The number of rotatable bonds is 5. The van der Waals surface area contributed by atoms with E-state index in [9.17, 15) is 4.79 Å². The van der Waals surface area contributed by atoms with Gasteiger partial charge in [0.2, 0.25) is 5.91 Å². The molecule has 1 atom stereocenters. The van der Waals surface area contributed by atoms with E-state index in [2.05, 4.69) is 20.5 Å². The van der Waals surface area contributed by atoms with Crippen molar-refractivity contribution in [1.82, 2.24) is 20.5 Å². The number of nitrogens with two attached hydrogens (primary N) is 1. The second-order valence-corrected chi connectivity index (χ2v) is 6.43. The van der Waals surface area contributed by atoms with Gasteiger partial charge in [0.25, 0.3) is 0 Å². The minimum Gasteiger partial charge on any atom is -0.349 e. The van der Waals surface area contributed by atoms with E-state index >= 15 is 0 Å². The number of H-pyrrole nitrogens is 1. The number of aromatic amines is 1. The largest absolute Gasteiger partial charge is 0.349 e. The van der Waals surface area contributed by atoms with E-state index in [0.29, 0.717) is 24.6 Å². The van der Waals surface area contributed by atoms with Gasteiger partial charge in [0.05, 0.1) is 6.54 Å². The summed E-state index contributed by atoms with van der Waals surface area (Å²) in [5.41, 5.74) is 6.85. The molecule has 0 aliphatic heterocycles. The summed E-state index contributed by atoms with van der Waals surface area (Å²) in [7, 11) is 0. The zero-order chi connectivity index (χ0) is 16.2. The predicted molar refractivity (Wildman–Crippen MR) is 85.7 cm³/mol. The van der Waals surface area contributed by atoms with Crippen molar-refractivity contribution >= 4 is 5.91 Å². The lowest BCUT2D eigenvalue weighted by Gasteiger charge is -2.26. The van der Waals surface area contributed by atoms with Crippen LogP contribution in [-0.4, -0.2) is 27.1 Å². The van der Waals surface area contributed by atoms with Crippen molar-refractivity contribution in [3.05, 3.63) is 36.2 Å². The quantitative estimate of drug-likeness (QED) is 0.785. The van der Waals surface area contributed by atoms with E-state index in [-0.39, 0.29) is 17.4 Å². The molecule has 1 unspecified atom stereocenters. The van der Waals surface area contributed by atoms with Gasteiger partial charge in [-0.3, -0.25) is 9.89 Å². The van der Waals surface area contributed by atoms with Crippen molar-refractivity contribution in [3.63, 3.8) is 0 Å². The zero-order valence-corrected chi connectivity index (χ0v) is 13.3. The van der Waals surface area contributed by atoms with Gasteiger partial charge in [-0.05, 0) is 5.41 Å². The van der Waals surface area contributed by atoms with Crippen molar-refractivity contribution < 1.29 is 4.79 Å². The molecule has 22 heavy (non-hydrogen) atoms. The van der Waals surface area contributed by atoms with Gasteiger partial charge in [0, 0.05) is 18.0 Å². The second kappa shape index (κ2) is 6.70. The lowest BCUT2D eigenvalue weighted by atomic mass is 9.85. The highest BCUT2D eigenvalue weighted by Crippen LogP contribution is 2.19. The van der Waals surface area contributed by atoms with Crippen LogP contribution < -0.4 is 11.1 Å². The molecule has 6 heteroatoms. The van der Waals surface area contributed by atoms with Gasteiger partial charge < -0.3 is 11.1 Å². The first-order valence-electron chi connectivity index (χ1n) is 7.35. The van der Waals surface area contributed by atoms with Crippen LogP contribution in [0, 0.1) is 5.41 Å². The van der Waals surface area contributed by atoms with Gasteiger partial charge in [0.1, 0.15) is 5.82 Å². The van der Waals surface area contributed by atoms with E-state index in [0.717, 1.165) is 5.56 Å². The molecule has 0 aliphatic carbocycles. The number of amides is 1. The number of benzene rings is 1. The molecule has 1 amide bonds. The number of nitrogens with zero attached hydrogens (tertiary/aromatic N) is 2. The molecular weight excluding hydrogens is 278 g/mol. The first-order chi connectivity index (χ1) is 10.4. The van der Waals surface area contributed by atoms with Crippen LogP contribution >= 0.6 is 0 Å². The molecule has 0 saturated heterocycles. The third-order valence-electron chi connectivity index (χ3n) is 3.53. The summed E-state index contributed by atoms with van der Waals surface area (Å²) in [5.74, 6) is 1.16.